The van der Waals surface area contributed by atoms with Gasteiger partial charge in [-0.1, -0.05) is 6.92 Å². The molecule has 5 heteroatoms. The van der Waals surface area contributed by atoms with Gasteiger partial charge in [0.05, 0.1) is 23.8 Å². The topological polar surface area (TPSA) is 47.7 Å². The molecule has 0 amide bonds. The standard InChI is InChI=1S/C12H19N5/c1-4-5-17-9-11(7-15-17)6-13-12-8-14-16(3)10(12)2/h7-9,13H,4-6H2,1-3H3. The Morgan fingerprint density at radius 3 is 2.76 bits per heavy atom. The summed E-state index contributed by atoms with van der Waals surface area (Å²) in [6.07, 6.45) is 6.96. The van der Waals surface area contributed by atoms with Crippen molar-refractivity contribution in [2.45, 2.75) is 33.4 Å². The quantitative estimate of drug-likeness (QED) is 0.858. The second kappa shape index (κ2) is 5.03. The molecule has 0 saturated carbocycles. The third-order valence-electron chi connectivity index (χ3n) is 2.86. The number of nitrogens with zero attached hydrogens (tertiary/aromatic N) is 4. The molecular formula is C12H19N5. The number of hydrogen-bond acceptors (Lipinski definition) is 3. The van der Waals surface area contributed by atoms with Crippen LogP contribution in [0.25, 0.3) is 0 Å². The smallest absolute Gasteiger partial charge is 0.0758 e. The average molecular weight is 233 g/mol. The fourth-order valence-corrected chi connectivity index (χ4v) is 1.72. The summed E-state index contributed by atoms with van der Waals surface area (Å²) in [5, 5.41) is 11.9. The molecule has 0 spiro atoms. The Labute approximate surface area is 101 Å². The van der Waals surface area contributed by atoms with Gasteiger partial charge in [-0.05, 0) is 13.3 Å². The Bertz CT molecular complexity index is 483. The van der Waals surface area contributed by atoms with Crippen LogP contribution in [-0.2, 0) is 20.1 Å². The molecule has 0 radical (unpaired) electrons. The van der Waals surface area contributed by atoms with E-state index in [1.54, 1.807) is 0 Å². The van der Waals surface area contributed by atoms with Crippen molar-refractivity contribution in [1.82, 2.24) is 19.6 Å². The van der Waals surface area contributed by atoms with Crippen molar-refractivity contribution < 1.29 is 0 Å². The fraction of sp³-hybridized carbons (Fsp3) is 0.500. The number of aromatic nitrogens is 4. The zero-order chi connectivity index (χ0) is 12.3. The second-order valence-corrected chi connectivity index (χ2v) is 4.23. The van der Waals surface area contributed by atoms with E-state index in [0.717, 1.165) is 30.9 Å². The molecule has 0 aromatic carbocycles. The molecule has 2 rings (SSSR count). The normalized spacial score (nSPS) is 10.8. The predicted octanol–water partition coefficient (Wildman–Crippen LogP) is 1.95. The number of nitrogens with one attached hydrogen (secondary N) is 1. The molecule has 0 atom stereocenters. The lowest BCUT2D eigenvalue weighted by atomic mass is 10.3. The molecular weight excluding hydrogens is 214 g/mol. The van der Waals surface area contributed by atoms with Crippen LogP contribution < -0.4 is 5.32 Å². The molecule has 2 heterocycles. The van der Waals surface area contributed by atoms with Gasteiger partial charge in [0.2, 0.25) is 0 Å². The Morgan fingerprint density at radius 1 is 1.29 bits per heavy atom. The highest BCUT2D eigenvalue weighted by molar-refractivity contribution is 5.45. The summed E-state index contributed by atoms with van der Waals surface area (Å²) in [6, 6.07) is 0. The van der Waals surface area contributed by atoms with E-state index in [2.05, 4.69) is 35.6 Å². The largest absolute Gasteiger partial charge is 0.378 e. The van der Waals surface area contributed by atoms with Gasteiger partial charge in [0.15, 0.2) is 0 Å². The predicted molar refractivity (Wildman–Crippen MR) is 67.8 cm³/mol. The van der Waals surface area contributed by atoms with Crippen LogP contribution >= 0.6 is 0 Å². The Kier molecular flexibility index (Phi) is 3.46. The zero-order valence-corrected chi connectivity index (χ0v) is 10.6. The van der Waals surface area contributed by atoms with Crippen LogP contribution in [0, 0.1) is 6.92 Å². The van der Waals surface area contributed by atoms with Crippen LogP contribution in [-0.4, -0.2) is 19.6 Å². The van der Waals surface area contributed by atoms with Gasteiger partial charge in [0, 0.05) is 31.9 Å². The molecule has 92 valence electrons. The third kappa shape index (κ3) is 2.67. The summed E-state index contributed by atoms with van der Waals surface area (Å²) in [4.78, 5) is 0. The Balaban J connectivity index is 1.95. The van der Waals surface area contributed by atoms with E-state index in [4.69, 9.17) is 0 Å². The first kappa shape index (κ1) is 11.7. The van der Waals surface area contributed by atoms with Gasteiger partial charge in [0.1, 0.15) is 0 Å². The van der Waals surface area contributed by atoms with Crippen molar-refractivity contribution in [3.05, 3.63) is 29.8 Å². The fourth-order valence-electron chi connectivity index (χ4n) is 1.72. The molecule has 0 unspecified atom stereocenters. The maximum Gasteiger partial charge on any atom is 0.0758 e. The van der Waals surface area contributed by atoms with Crippen LogP contribution in [0.2, 0.25) is 0 Å². The summed E-state index contributed by atoms with van der Waals surface area (Å²) in [5.74, 6) is 0. The van der Waals surface area contributed by atoms with Gasteiger partial charge < -0.3 is 5.32 Å². The summed E-state index contributed by atoms with van der Waals surface area (Å²) < 4.78 is 3.84. The van der Waals surface area contributed by atoms with Crippen molar-refractivity contribution in [2.75, 3.05) is 5.32 Å². The van der Waals surface area contributed by atoms with E-state index >= 15 is 0 Å². The lowest BCUT2D eigenvalue weighted by molar-refractivity contribution is 0.602. The first-order chi connectivity index (χ1) is 8.20. The van der Waals surface area contributed by atoms with Crippen molar-refractivity contribution in [2.24, 2.45) is 7.05 Å². The first-order valence-corrected chi connectivity index (χ1v) is 5.94. The number of rotatable bonds is 5. The highest BCUT2D eigenvalue weighted by Crippen LogP contribution is 2.13. The average Bonchev–Trinajstić information content (AvgIpc) is 2.87. The van der Waals surface area contributed by atoms with Gasteiger partial charge >= 0.3 is 0 Å². The molecule has 17 heavy (non-hydrogen) atoms. The maximum atomic E-state index is 4.30. The summed E-state index contributed by atoms with van der Waals surface area (Å²) in [7, 11) is 1.94. The number of aryl methyl sites for hydroxylation is 2. The van der Waals surface area contributed by atoms with Crippen LogP contribution in [0.5, 0.6) is 0 Å². The molecule has 5 nitrogen and oxygen atoms in total. The molecule has 0 aliphatic heterocycles. The highest BCUT2D eigenvalue weighted by Gasteiger charge is 2.03. The maximum absolute atomic E-state index is 4.30. The SMILES string of the molecule is CCCn1cc(CNc2cnn(C)c2C)cn1. The van der Waals surface area contributed by atoms with E-state index in [1.807, 2.05) is 28.8 Å². The van der Waals surface area contributed by atoms with Gasteiger partial charge in [-0.3, -0.25) is 9.36 Å². The third-order valence-corrected chi connectivity index (χ3v) is 2.86. The molecule has 1 N–H and O–H groups in total. The van der Waals surface area contributed by atoms with Gasteiger partial charge in [-0.2, -0.15) is 10.2 Å². The van der Waals surface area contributed by atoms with E-state index in [1.165, 1.54) is 5.56 Å². The van der Waals surface area contributed by atoms with E-state index in [-0.39, 0.29) is 0 Å². The van der Waals surface area contributed by atoms with Crippen LogP contribution in [0.1, 0.15) is 24.6 Å². The van der Waals surface area contributed by atoms with Gasteiger partial charge in [-0.15, -0.1) is 0 Å². The van der Waals surface area contributed by atoms with Gasteiger partial charge in [0.25, 0.3) is 0 Å². The molecule has 2 aromatic rings. The van der Waals surface area contributed by atoms with E-state index in [0.29, 0.717) is 0 Å². The minimum atomic E-state index is 0.788. The molecule has 0 fully saturated rings. The van der Waals surface area contributed by atoms with Crippen LogP contribution in [0.15, 0.2) is 18.6 Å². The minimum Gasteiger partial charge on any atom is -0.378 e. The van der Waals surface area contributed by atoms with Crippen molar-refractivity contribution in [3.63, 3.8) is 0 Å². The van der Waals surface area contributed by atoms with Crippen molar-refractivity contribution >= 4 is 5.69 Å². The van der Waals surface area contributed by atoms with Crippen molar-refractivity contribution in [1.29, 1.82) is 0 Å². The Morgan fingerprint density at radius 2 is 2.12 bits per heavy atom. The summed E-state index contributed by atoms with van der Waals surface area (Å²) in [5.41, 5.74) is 3.42. The molecule has 0 aliphatic carbocycles. The van der Waals surface area contributed by atoms with Crippen LogP contribution in [0.4, 0.5) is 5.69 Å². The molecule has 0 saturated heterocycles. The lowest BCUT2D eigenvalue weighted by Crippen LogP contribution is -2.00. The number of hydrogen-bond donors (Lipinski definition) is 1. The molecule has 2 aromatic heterocycles. The van der Waals surface area contributed by atoms with Gasteiger partial charge in [-0.25, -0.2) is 0 Å². The molecule has 0 bridgehead atoms. The van der Waals surface area contributed by atoms with Crippen molar-refractivity contribution in [3.8, 4) is 0 Å². The summed E-state index contributed by atoms with van der Waals surface area (Å²) >= 11 is 0. The van der Waals surface area contributed by atoms with E-state index in [9.17, 15) is 0 Å². The number of anilines is 1. The highest BCUT2D eigenvalue weighted by atomic mass is 15.3. The van der Waals surface area contributed by atoms with Crippen LogP contribution in [0.3, 0.4) is 0 Å². The molecule has 0 aliphatic rings. The monoisotopic (exact) mass is 233 g/mol. The Hall–Kier alpha value is -1.78. The lowest BCUT2D eigenvalue weighted by Gasteiger charge is -2.03. The zero-order valence-electron chi connectivity index (χ0n) is 10.6. The first-order valence-electron chi connectivity index (χ1n) is 5.94. The second-order valence-electron chi connectivity index (χ2n) is 4.23. The van der Waals surface area contributed by atoms with E-state index < -0.39 is 0 Å². The minimum absolute atomic E-state index is 0.788. The summed E-state index contributed by atoms with van der Waals surface area (Å²) in [6.45, 7) is 5.97.